The van der Waals surface area contributed by atoms with Crippen LogP contribution in [0.1, 0.15) is 27.3 Å². The van der Waals surface area contributed by atoms with Crippen molar-refractivity contribution < 1.29 is 19.3 Å². The van der Waals surface area contributed by atoms with Crippen molar-refractivity contribution in [3.63, 3.8) is 0 Å². The van der Waals surface area contributed by atoms with Crippen molar-refractivity contribution in [1.82, 2.24) is 9.88 Å². The summed E-state index contributed by atoms with van der Waals surface area (Å²) in [6.07, 6.45) is 3.73. The maximum absolute atomic E-state index is 13.2. The van der Waals surface area contributed by atoms with Gasteiger partial charge in [-0.3, -0.25) is 4.79 Å². The molecule has 4 rings (SSSR count). The molecule has 0 radical (unpaired) electrons. The molecule has 2 aliphatic rings. The van der Waals surface area contributed by atoms with Crippen LogP contribution in [-0.2, 0) is 13.0 Å². The lowest BCUT2D eigenvalue weighted by Gasteiger charge is -2.28. The standard InChI is InChI=1S/C21H28N4O2S/c1-23-9-11-24(12-10-23)7-2-8-25(16-20-22-6-14-28-20)21(26)18-3-4-19-17(15-18)5-13-27-19/h3-4,6,14-15H,2,5,7-13,16H2,1H3/p+2. The molecule has 6 nitrogen and oxygen atoms in total. The molecule has 0 saturated carbocycles. The van der Waals surface area contributed by atoms with Crippen molar-refractivity contribution >= 4 is 17.2 Å². The van der Waals surface area contributed by atoms with E-state index >= 15 is 0 Å². The van der Waals surface area contributed by atoms with Gasteiger partial charge >= 0.3 is 0 Å². The van der Waals surface area contributed by atoms with Gasteiger partial charge in [0.1, 0.15) is 36.9 Å². The van der Waals surface area contributed by atoms with Crippen molar-refractivity contribution in [3.8, 4) is 5.75 Å². The first kappa shape index (κ1) is 19.4. The van der Waals surface area contributed by atoms with Crippen LogP contribution in [0.3, 0.4) is 0 Å². The van der Waals surface area contributed by atoms with E-state index in [9.17, 15) is 4.79 Å². The highest BCUT2D eigenvalue weighted by Gasteiger charge is 2.23. The molecule has 2 aromatic rings. The highest BCUT2D eigenvalue weighted by molar-refractivity contribution is 7.09. The summed E-state index contributed by atoms with van der Waals surface area (Å²) >= 11 is 1.61. The largest absolute Gasteiger partial charge is 0.493 e. The van der Waals surface area contributed by atoms with E-state index in [-0.39, 0.29) is 5.91 Å². The number of aromatic nitrogens is 1. The van der Waals surface area contributed by atoms with Crippen LogP contribution in [0.25, 0.3) is 0 Å². The summed E-state index contributed by atoms with van der Waals surface area (Å²) in [5.74, 6) is 1.02. The molecule has 7 heteroatoms. The van der Waals surface area contributed by atoms with Gasteiger partial charge in [-0.15, -0.1) is 11.3 Å². The van der Waals surface area contributed by atoms with Gasteiger partial charge < -0.3 is 19.4 Å². The van der Waals surface area contributed by atoms with E-state index in [0.29, 0.717) is 13.2 Å². The molecule has 1 amide bonds. The number of carbonyl (C=O) groups is 1. The Bertz CT molecular complexity index is 788. The number of carbonyl (C=O) groups excluding carboxylic acids is 1. The summed E-state index contributed by atoms with van der Waals surface area (Å²) in [5, 5.41) is 2.97. The number of likely N-dealkylation sites (N-methyl/N-ethyl adjacent to an activating group) is 1. The predicted octanol–water partition coefficient (Wildman–Crippen LogP) is -0.476. The Hall–Kier alpha value is -1.96. The molecule has 2 aliphatic heterocycles. The number of fused-ring (bicyclic) bond motifs is 1. The van der Waals surface area contributed by atoms with Crippen molar-refractivity contribution in [3.05, 3.63) is 45.9 Å². The Morgan fingerprint density at radius 3 is 2.93 bits per heavy atom. The summed E-state index contributed by atoms with van der Waals surface area (Å²) < 4.78 is 5.58. The normalized spacial score (nSPS) is 21.2. The third kappa shape index (κ3) is 4.71. The number of hydrogen-bond donors (Lipinski definition) is 2. The Kier molecular flexibility index (Phi) is 6.24. The quantitative estimate of drug-likeness (QED) is 0.658. The number of nitrogens with zero attached hydrogens (tertiary/aromatic N) is 2. The number of benzene rings is 1. The summed E-state index contributed by atoms with van der Waals surface area (Å²) in [7, 11) is 2.27. The van der Waals surface area contributed by atoms with Crippen LogP contribution in [0.2, 0.25) is 0 Å². The van der Waals surface area contributed by atoms with Gasteiger partial charge in [-0.05, 0) is 23.8 Å². The molecule has 0 aliphatic carbocycles. The smallest absolute Gasteiger partial charge is 0.254 e. The molecule has 0 spiro atoms. The van der Waals surface area contributed by atoms with Crippen LogP contribution in [0.4, 0.5) is 0 Å². The fourth-order valence-corrected chi connectivity index (χ4v) is 4.68. The minimum Gasteiger partial charge on any atom is -0.493 e. The highest BCUT2D eigenvalue weighted by Crippen LogP contribution is 2.26. The first-order valence-electron chi connectivity index (χ1n) is 10.3. The van der Waals surface area contributed by atoms with E-state index in [0.717, 1.165) is 47.8 Å². The Morgan fingerprint density at radius 2 is 2.14 bits per heavy atom. The molecule has 150 valence electrons. The van der Waals surface area contributed by atoms with Gasteiger partial charge in [0, 0.05) is 36.5 Å². The fourth-order valence-electron chi connectivity index (χ4n) is 4.05. The summed E-state index contributed by atoms with van der Waals surface area (Å²) in [6, 6.07) is 5.84. The van der Waals surface area contributed by atoms with Crippen molar-refractivity contribution in [2.75, 3.05) is 52.9 Å². The second-order valence-corrected chi connectivity index (χ2v) is 8.86. The van der Waals surface area contributed by atoms with Crippen molar-refractivity contribution in [1.29, 1.82) is 0 Å². The fraction of sp³-hybridized carbons (Fsp3) is 0.524. The topological polar surface area (TPSA) is 51.3 Å². The minimum absolute atomic E-state index is 0.0997. The van der Waals surface area contributed by atoms with Crippen LogP contribution in [-0.4, -0.2) is 68.7 Å². The maximum atomic E-state index is 13.2. The monoisotopic (exact) mass is 402 g/mol. The first-order chi connectivity index (χ1) is 13.7. The van der Waals surface area contributed by atoms with Gasteiger partial charge in [0.05, 0.1) is 26.7 Å². The number of thiazole rings is 1. The predicted molar refractivity (Wildman–Crippen MR) is 109 cm³/mol. The zero-order valence-electron chi connectivity index (χ0n) is 16.6. The summed E-state index contributed by atoms with van der Waals surface area (Å²) in [4.78, 5) is 22.9. The molecule has 0 bridgehead atoms. The number of quaternary nitrogens is 2. The SMILES string of the molecule is C[NH+]1CC[NH+](CCCN(Cc2nccs2)C(=O)c2ccc3c(c2)CCO3)CC1. The second kappa shape index (κ2) is 9.03. The number of amides is 1. The van der Waals surface area contributed by atoms with Crippen LogP contribution in [0.5, 0.6) is 5.75 Å². The second-order valence-electron chi connectivity index (χ2n) is 7.88. The average molecular weight is 403 g/mol. The number of rotatable bonds is 7. The molecule has 1 saturated heterocycles. The molecule has 28 heavy (non-hydrogen) atoms. The Labute approximate surface area is 170 Å². The molecule has 0 unspecified atom stereocenters. The molecule has 2 N–H and O–H groups in total. The molecular formula is C21H30N4O2S+2. The lowest BCUT2D eigenvalue weighted by molar-refractivity contribution is -1.00. The van der Waals surface area contributed by atoms with E-state index in [1.54, 1.807) is 21.1 Å². The van der Waals surface area contributed by atoms with Crippen LogP contribution >= 0.6 is 11.3 Å². The lowest BCUT2D eigenvalue weighted by atomic mass is 10.1. The van der Waals surface area contributed by atoms with E-state index in [4.69, 9.17) is 4.74 Å². The first-order valence-corrected chi connectivity index (χ1v) is 11.2. The van der Waals surface area contributed by atoms with E-state index in [1.807, 2.05) is 34.7 Å². The van der Waals surface area contributed by atoms with E-state index in [2.05, 4.69) is 12.0 Å². The number of ether oxygens (including phenoxy) is 1. The van der Waals surface area contributed by atoms with E-state index in [1.165, 1.54) is 26.2 Å². The highest BCUT2D eigenvalue weighted by atomic mass is 32.1. The maximum Gasteiger partial charge on any atom is 0.254 e. The molecule has 1 aromatic heterocycles. The third-order valence-corrected chi connectivity index (χ3v) is 6.57. The molecule has 1 aromatic carbocycles. The van der Waals surface area contributed by atoms with Gasteiger partial charge in [0.15, 0.2) is 0 Å². The zero-order chi connectivity index (χ0) is 19.3. The van der Waals surface area contributed by atoms with Gasteiger partial charge in [0.2, 0.25) is 0 Å². The average Bonchev–Trinajstić information content (AvgIpc) is 3.39. The van der Waals surface area contributed by atoms with E-state index < -0.39 is 0 Å². The van der Waals surface area contributed by atoms with Crippen LogP contribution < -0.4 is 14.5 Å². The Balaban J connectivity index is 1.40. The zero-order valence-corrected chi connectivity index (χ0v) is 17.4. The van der Waals surface area contributed by atoms with Gasteiger partial charge in [-0.2, -0.15) is 0 Å². The van der Waals surface area contributed by atoms with Gasteiger partial charge in [0.25, 0.3) is 5.91 Å². The van der Waals surface area contributed by atoms with Crippen molar-refractivity contribution in [2.45, 2.75) is 19.4 Å². The lowest BCUT2D eigenvalue weighted by Crippen LogP contribution is -3.27. The molecular weight excluding hydrogens is 372 g/mol. The van der Waals surface area contributed by atoms with Gasteiger partial charge in [-0.1, -0.05) is 0 Å². The summed E-state index contributed by atoms with van der Waals surface area (Å²) in [5.41, 5.74) is 1.90. The number of piperazine rings is 1. The molecule has 1 fully saturated rings. The number of hydrogen-bond acceptors (Lipinski definition) is 4. The third-order valence-electron chi connectivity index (χ3n) is 5.80. The van der Waals surface area contributed by atoms with Crippen molar-refractivity contribution in [2.24, 2.45) is 0 Å². The Morgan fingerprint density at radius 1 is 1.29 bits per heavy atom. The minimum atomic E-state index is 0.0997. The van der Waals surface area contributed by atoms with Gasteiger partial charge in [-0.25, -0.2) is 4.98 Å². The molecule has 3 heterocycles. The summed E-state index contributed by atoms with van der Waals surface area (Å²) in [6.45, 7) is 8.17. The number of nitrogens with one attached hydrogen (secondary N) is 2. The van der Waals surface area contributed by atoms with Crippen LogP contribution in [0, 0.1) is 0 Å². The molecule has 0 atom stereocenters. The van der Waals surface area contributed by atoms with Crippen LogP contribution in [0.15, 0.2) is 29.8 Å².